The number of aromatic nitrogens is 3. The van der Waals surface area contributed by atoms with Gasteiger partial charge in [-0.25, -0.2) is 9.97 Å². The molecule has 33 heavy (non-hydrogen) atoms. The molecule has 0 radical (unpaired) electrons. The monoisotopic (exact) mass is 478 g/mol. The summed E-state index contributed by atoms with van der Waals surface area (Å²) in [5.41, 5.74) is 0.326. The van der Waals surface area contributed by atoms with Crippen LogP contribution < -0.4 is 4.74 Å². The molecule has 1 atom stereocenters. The summed E-state index contributed by atoms with van der Waals surface area (Å²) >= 11 is 5.99. The number of hydrogen-bond donors (Lipinski definition) is 0. The first kappa shape index (κ1) is 23.1. The number of carbonyl (C=O) groups is 1. The Morgan fingerprint density at radius 2 is 2.03 bits per heavy atom. The number of imidazole rings is 1. The minimum Gasteiger partial charge on any atom is -0.490 e. The minimum atomic E-state index is -4.65. The third-order valence-electron chi connectivity index (χ3n) is 5.59. The van der Waals surface area contributed by atoms with Gasteiger partial charge in [0.1, 0.15) is 6.33 Å². The van der Waals surface area contributed by atoms with Gasteiger partial charge in [0.15, 0.2) is 11.6 Å². The zero-order valence-electron chi connectivity index (χ0n) is 18.1. The molecule has 0 saturated carbocycles. The SMILES string of the molecule is CCCOc1cccnc1-n1cnc2c1CCN(C(=O)c1cccc(C(F)(F)F)c1Cl)C2C. The molecule has 0 spiro atoms. The van der Waals surface area contributed by atoms with Gasteiger partial charge in [-0.05, 0) is 37.6 Å². The molecule has 174 valence electrons. The molecule has 1 unspecified atom stereocenters. The number of rotatable bonds is 5. The van der Waals surface area contributed by atoms with Crippen LogP contribution in [0.4, 0.5) is 13.2 Å². The van der Waals surface area contributed by atoms with E-state index in [0.717, 1.165) is 18.2 Å². The number of hydrogen-bond acceptors (Lipinski definition) is 4. The van der Waals surface area contributed by atoms with Crippen molar-refractivity contribution < 1.29 is 22.7 Å². The summed E-state index contributed by atoms with van der Waals surface area (Å²) in [4.78, 5) is 23.6. The average molecular weight is 479 g/mol. The standard InChI is InChI=1S/C23H22ClF3N4O2/c1-3-12-33-18-8-5-10-28-21(18)31-13-29-20-14(2)30(11-9-17(20)31)22(32)15-6-4-7-16(19(15)24)23(25,26)27/h4-8,10,13-14H,3,9,11-12H2,1-2H3. The quantitative estimate of drug-likeness (QED) is 0.486. The number of alkyl halides is 3. The first-order chi connectivity index (χ1) is 15.7. The Labute approximate surface area is 194 Å². The van der Waals surface area contributed by atoms with Crippen LogP contribution in [0.1, 0.15) is 53.6 Å². The van der Waals surface area contributed by atoms with Crippen LogP contribution in [-0.2, 0) is 12.6 Å². The van der Waals surface area contributed by atoms with Crippen LogP contribution >= 0.6 is 11.6 Å². The van der Waals surface area contributed by atoms with Crippen molar-refractivity contribution >= 4 is 17.5 Å². The highest BCUT2D eigenvalue weighted by atomic mass is 35.5. The number of fused-ring (bicyclic) bond motifs is 1. The normalized spacial score (nSPS) is 15.9. The fourth-order valence-corrected chi connectivity index (χ4v) is 4.29. The summed E-state index contributed by atoms with van der Waals surface area (Å²) in [5.74, 6) is 0.665. The molecular formula is C23H22ClF3N4O2. The van der Waals surface area contributed by atoms with Crippen molar-refractivity contribution in [3.05, 3.63) is 70.4 Å². The predicted molar refractivity (Wildman–Crippen MR) is 117 cm³/mol. The topological polar surface area (TPSA) is 60.2 Å². The van der Waals surface area contributed by atoms with Gasteiger partial charge in [-0.1, -0.05) is 24.6 Å². The number of pyridine rings is 1. The van der Waals surface area contributed by atoms with Gasteiger partial charge in [-0.2, -0.15) is 13.2 Å². The second kappa shape index (κ2) is 9.05. The number of carbonyl (C=O) groups excluding carboxylic acids is 1. The van der Waals surface area contributed by atoms with Crippen LogP contribution in [0.25, 0.3) is 5.82 Å². The van der Waals surface area contributed by atoms with E-state index in [1.54, 1.807) is 25.5 Å². The summed E-state index contributed by atoms with van der Waals surface area (Å²) in [7, 11) is 0. The van der Waals surface area contributed by atoms with E-state index in [0.29, 0.717) is 36.8 Å². The smallest absolute Gasteiger partial charge is 0.417 e. The van der Waals surface area contributed by atoms with Crippen LogP contribution in [0.15, 0.2) is 42.9 Å². The van der Waals surface area contributed by atoms with E-state index in [9.17, 15) is 18.0 Å². The highest BCUT2D eigenvalue weighted by molar-refractivity contribution is 6.34. The molecule has 3 heterocycles. The molecule has 0 bridgehead atoms. The molecule has 3 aromatic rings. The number of ether oxygens (including phenoxy) is 1. The van der Waals surface area contributed by atoms with E-state index in [2.05, 4.69) is 9.97 Å². The van der Waals surface area contributed by atoms with Crippen molar-refractivity contribution in [1.82, 2.24) is 19.4 Å². The van der Waals surface area contributed by atoms with E-state index in [-0.39, 0.29) is 5.56 Å². The molecule has 10 heteroatoms. The number of amides is 1. The van der Waals surface area contributed by atoms with Gasteiger partial charge in [0.05, 0.1) is 40.2 Å². The van der Waals surface area contributed by atoms with Gasteiger partial charge in [-0.15, -0.1) is 0 Å². The Kier molecular flexibility index (Phi) is 6.34. The first-order valence-corrected chi connectivity index (χ1v) is 10.9. The van der Waals surface area contributed by atoms with E-state index in [1.165, 1.54) is 17.0 Å². The number of benzene rings is 1. The molecule has 0 saturated heterocycles. The Morgan fingerprint density at radius 1 is 1.24 bits per heavy atom. The maximum atomic E-state index is 13.2. The van der Waals surface area contributed by atoms with E-state index >= 15 is 0 Å². The number of halogens is 4. The lowest BCUT2D eigenvalue weighted by Gasteiger charge is -2.33. The van der Waals surface area contributed by atoms with E-state index in [1.807, 2.05) is 17.6 Å². The van der Waals surface area contributed by atoms with E-state index in [4.69, 9.17) is 16.3 Å². The van der Waals surface area contributed by atoms with E-state index < -0.39 is 28.7 Å². The van der Waals surface area contributed by atoms with Crippen LogP contribution in [0.5, 0.6) is 5.75 Å². The second-order valence-electron chi connectivity index (χ2n) is 7.71. The minimum absolute atomic E-state index is 0.179. The van der Waals surface area contributed by atoms with Crippen molar-refractivity contribution in [1.29, 1.82) is 0 Å². The fraction of sp³-hybridized carbons (Fsp3) is 0.348. The highest BCUT2D eigenvalue weighted by Gasteiger charge is 2.37. The molecule has 1 aromatic carbocycles. The van der Waals surface area contributed by atoms with Gasteiger partial charge in [-0.3, -0.25) is 9.36 Å². The Bertz CT molecular complexity index is 1180. The van der Waals surface area contributed by atoms with Crippen molar-refractivity contribution in [2.45, 2.75) is 38.9 Å². The largest absolute Gasteiger partial charge is 0.490 e. The molecule has 6 nitrogen and oxygen atoms in total. The molecule has 0 N–H and O–H groups in total. The summed E-state index contributed by atoms with van der Waals surface area (Å²) in [6.07, 6.45) is -0.0484. The van der Waals surface area contributed by atoms with Gasteiger partial charge in [0.2, 0.25) is 0 Å². The molecule has 0 aliphatic carbocycles. The maximum Gasteiger partial charge on any atom is 0.417 e. The molecule has 4 rings (SSSR count). The third-order valence-corrected chi connectivity index (χ3v) is 5.99. The lowest BCUT2D eigenvalue weighted by Crippen LogP contribution is -2.39. The van der Waals surface area contributed by atoms with Crippen LogP contribution in [0.2, 0.25) is 5.02 Å². The van der Waals surface area contributed by atoms with Gasteiger partial charge >= 0.3 is 6.18 Å². The highest BCUT2D eigenvalue weighted by Crippen LogP contribution is 2.38. The fourth-order valence-electron chi connectivity index (χ4n) is 3.97. The predicted octanol–water partition coefficient (Wildman–Crippen LogP) is 5.49. The summed E-state index contributed by atoms with van der Waals surface area (Å²) in [6.45, 7) is 4.65. The van der Waals surface area contributed by atoms with Crippen LogP contribution in [0, 0.1) is 0 Å². The van der Waals surface area contributed by atoms with Crippen molar-refractivity contribution in [2.75, 3.05) is 13.2 Å². The van der Waals surface area contributed by atoms with Crippen LogP contribution in [-0.4, -0.2) is 38.5 Å². The number of nitrogens with zero attached hydrogens (tertiary/aromatic N) is 4. The Morgan fingerprint density at radius 3 is 2.76 bits per heavy atom. The maximum absolute atomic E-state index is 13.2. The molecular weight excluding hydrogens is 457 g/mol. The summed E-state index contributed by atoms with van der Waals surface area (Å²) in [6, 6.07) is 6.53. The zero-order chi connectivity index (χ0) is 23.8. The van der Waals surface area contributed by atoms with Gasteiger partial charge < -0.3 is 9.64 Å². The molecule has 0 fully saturated rings. The third kappa shape index (κ3) is 4.29. The lowest BCUT2D eigenvalue weighted by atomic mass is 10.0. The van der Waals surface area contributed by atoms with Gasteiger partial charge in [0.25, 0.3) is 5.91 Å². The van der Waals surface area contributed by atoms with Crippen molar-refractivity contribution in [3.63, 3.8) is 0 Å². The summed E-state index contributed by atoms with van der Waals surface area (Å²) in [5, 5.41) is -0.593. The average Bonchev–Trinajstić information content (AvgIpc) is 3.22. The second-order valence-corrected chi connectivity index (χ2v) is 8.09. The van der Waals surface area contributed by atoms with Crippen molar-refractivity contribution in [3.8, 4) is 11.6 Å². The molecule has 2 aromatic heterocycles. The Hall–Kier alpha value is -3.07. The lowest BCUT2D eigenvalue weighted by molar-refractivity contribution is -0.137. The Balaban J connectivity index is 1.65. The summed E-state index contributed by atoms with van der Waals surface area (Å²) < 4.78 is 47.4. The molecule has 1 aliphatic rings. The first-order valence-electron chi connectivity index (χ1n) is 10.5. The molecule has 1 aliphatic heterocycles. The van der Waals surface area contributed by atoms with Gasteiger partial charge in [0, 0.05) is 19.2 Å². The van der Waals surface area contributed by atoms with Crippen molar-refractivity contribution in [2.24, 2.45) is 0 Å². The zero-order valence-corrected chi connectivity index (χ0v) is 18.8. The molecule has 1 amide bonds. The van der Waals surface area contributed by atoms with Crippen LogP contribution in [0.3, 0.4) is 0 Å².